The maximum atomic E-state index is 12.5. The third kappa shape index (κ3) is 2.98. The summed E-state index contributed by atoms with van der Waals surface area (Å²) in [5, 5.41) is 15.9. The highest BCUT2D eigenvalue weighted by atomic mass is 32.1. The van der Waals surface area contributed by atoms with Gasteiger partial charge in [-0.25, -0.2) is 0 Å². The van der Waals surface area contributed by atoms with Crippen molar-refractivity contribution in [1.82, 2.24) is 10.3 Å². The van der Waals surface area contributed by atoms with Crippen molar-refractivity contribution in [3.63, 3.8) is 0 Å². The van der Waals surface area contributed by atoms with Gasteiger partial charge < -0.3 is 10.4 Å². The van der Waals surface area contributed by atoms with E-state index >= 15 is 0 Å². The molecule has 0 saturated heterocycles. The molecule has 24 heavy (non-hydrogen) atoms. The van der Waals surface area contributed by atoms with E-state index in [0.717, 1.165) is 41.9 Å². The summed E-state index contributed by atoms with van der Waals surface area (Å²) in [6, 6.07) is 7.74. The van der Waals surface area contributed by atoms with Crippen LogP contribution in [0, 0.1) is 18.8 Å². The van der Waals surface area contributed by atoms with Crippen LogP contribution in [0.15, 0.2) is 29.6 Å². The molecule has 4 nitrogen and oxygen atoms in total. The highest BCUT2D eigenvalue weighted by Crippen LogP contribution is 2.51. The second kappa shape index (κ2) is 5.97. The van der Waals surface area contributed by atoms with Gasteiger partial charge in [0.05, 0.1) is 27.4 Å². The van der Waals surface area contributed by atoms with Gasteiger partial charge in [0.25, 0.3) is 5.91 Å². The zero-order valence-corrected chi connectivity index (χ0v) is 14.6. The summed E-state index contributed by atoms with van der Waals surface area (Å²) in [5.41, 5.74) is 1.50. The lowest BCUT2D eigenvalue weighted by Crippen LogP contribution is -2.46. The Morgan fingerprint density at radius 1 is 1.29 bits per heavy atom. The van der Waals surface area contributed by atoms with E-state index in [1.807, 2.05) is 36.6 Å². The highest BCUT2D eigenvalue weighted by Gasteiger charge is 2.53. The number of aryl methyl sites for hydroxylation is 1. The van der Waals surface area contributed by atoms with Crippen molar-refractivity contribution in [3.8, 4) is 10.6 Å². The summed E-state index contributed by atoms with van der Waals surface area (Å²) in [6.07, 6.45) is 4.33. The van der Waals surface area contributed by atoms with Crippen LogP contribution in [-0.2, 0) is 0 Å². The van der Waals surface area contributed by atoms with Crippen molar-refractivity contribution in [1.29, 1.82) is 0 Å². The van der Waals surface area contributed by atoms with E-state index in [4.69, 9.17) is 0 Å². The van der Waals surface area contributed by atoms with Gasteiger partial charge in [-0.15, -0.1) is 11.3 Å². The van der Waals surface area contributed by atoms with Gasteiger partial charge >= 0.3 is 0 Å². The molecule has 2 N–H and O–H groups in total. The number of aliphatic hydroxyl groups is 1. The molecule has 0 spiro atoms. The van der Waals surface area contributed by atoms with E-state index in [-0.39, 0.29) is 5.91 Å². The fourth-order valence-electron chi connectivity index (χ4n) is 3.47. The number of nitrogens with one attached hydrogen (secondary N) is 1. The molecule has 2 aromatic heterocycles. The third-order valence-corrected chi connectivity index (χ3v) is 6.10. The summed E-state index contributed by atoms with van der Waals surface area (Å²) in [6.45, 7) is 2.22. The minimum absolute atomic E-state index is 0.141. The molecule has 2 aliphatic rings. The molecule has 0 unspecified atom stereocenters. The van der Waals surface area contributed by atoms with Crippen LogP contribution in [0.5, 0.6) is 0 Å². The summed E-state index contributed by atoms with van der Waals surface area (Å²) in [7, 11) is 0. The number of hydrogen-bond acceptors (Lipinski definition) is 4. The molecule has 0 aromatic carbocycles. The molecule has 0 radical (unpaired) electrons. The standard InChI is InChI=1S/C19H22N2O2S/c1-12-15(8-9-16(21-12)17-3-2-10-24-17)18(22)20-11-19(23,13-4-5-13)14-6-7-14/h2-3,8-10,13-14,23H,4-7,11H2,1H3,(H,20,22). The van der Waals surface area contributed by atoms with Crippen LogP contribution in [0.4, 0.5) is 0 Å². The van der Waals surface area contributed by atoms with Crippen LogP contribution < -0.4 is 5.32 Å². The number of thiophene rings is 1. The van der Waals surface area contributed by atoms with Crippen molar-refractivity contribution in [2.24, 2.45) is 11.8 Å². The first-order valence-corrected chi connectivity index (χ1v) is 9.48. The second-order valence-corrected chi connectivity index (χ2v) is 7.98. The third-order valence-electron chi connectivity index (χ3n) is 5.20. The maximum absolute atomic E-state index is 12.5. The zero-order chi connectivity index (χ0) is 16.7. The highest BCUT2D eigenvalue weighted by molar-refractivity contribution is 7.13. The molecule has 1 amide bonds. The monoisotopic (exact) mass is 342 g/mol. The number of amides is 1. The van der Waals surface area contributed by atoms with Gasteiger partial charge in [-0.05, 0) is 68.0 Å². The first-order chi connectivity index (χ1) is 11.6. The Morgan fingerprint density at radius 2 is 2.00 bits per heavy atom. The topological polar surface area (TPSA) is 62.2 Å². The molecule has 0 bridgehead atoms. The summed E-state index contributed by atoms with van der Waals surface area (Å²) >= 11 is 1.64. The van der Waals surface area contributed by atoms with Crippen molar-refractivity contribution in [3.05, 3.63) is 40.9 Å². The average molecular weight is 342 g/mol. The Kier molecular flexibility index (Phi) is 3.93. The molecule has 0 aliphatic heterocycles. The minimum Gasteiger partial charge on any atom is -0.387 e. The van der Waals surface area contributed by atoms with E-state index in [0.29, 0.717) is 23.9 Å². The van der Waals surface area contributed by atoms with Gasteiger partial charge in [0.1, 0.15) is 0 Å². The second-order valence-electron chi connectivity index (χ2n) is 7.03. The Balaban J connectivity index is 1.46. The first kappa shape index (κ1) is 15.8. The van der Waals surface area contributed by atoms with Crippen molar-refractivity contribution in [2.45, 2.75) is 38.2 Å². The molecule has 2 heterocycles. The molecular weight excluding hydrogens is 320 g/mol. The minimum atomic E-state index is -0.700. The summed E-state index contributed by atoms with van der Waals surface area (Å²) in [5.74, 6) is 0.592. The van der Waals surface area contributed by atoms with Crippen LogP contribution in [0.25, 0.3) is 10.6 Å². The lowest BCUT2D eigenvalue weighted by molar-refractivity contribution is -0.00322. The van der Waals surface area contributed by atoms with Crippen molar-refractivity contribution >= 4 is 17.2 Å². The van der Waals surface area contributed by atoms with Crippen LogP contribution >= 0.6 is 11.3 Å². The normalized spacial score (nSPS) is 17.8. The predicted octanol–water partition coefficient (Wildman–Crippen LogP) is 3.40. The number of aromatic nitrogens is 1. The molecule has 0 atom stereocenters. The number of nitrogens with zero attached hydrogens (tertiary/aromatic N) is 1. The van der Waals surface area contributed by atoms with Gasteiger partial charge in [-0.3, -0.25) is 9.78 Å². The van der Waals surface area contributed by atoms with Crippen molar-refractivity contribution in [2.75, 3.05) is 6.54 Å². The molecule has 2 aliphatic carbocycles. The smallest absolute Gasteiger partial charge is 0.253 e. The van der Waals surface area contributed by atoms with Crippen LogP contribution in [0.1, 0.15) is 41.7 Å². The van der Waals surface area contributed by atoms with Gasteiger partial charge in [-0.1, -0.05) is 6.07 Å². The SMILES string of the molecule is Cc1nc(-c2cccs2)ccc1C(=O)NCC(O)(C1CC1)C1CC1. The number of carbonyl (C=O) groups is 1. The number of hydrogen-bond donors (Lipinski definition) is 2. The van der Waals surface area contributed by atoms with Crippen molar-refractivity contribution < 1.29 is 9.90 Å². The molecule has 4 rings (SSSR count). The molecule has 126 valence electrons. The lowest BCUT2D eigenvalue weighted by Gasteiger charge is -2.28. The lowest BCUT2D eigenvalue weighted by atomic mass is 9.91. The summed E-state index contributed by atoms with van der Waals surface area (Å²) in [4.78, 5) is 18.2. The number of carbonyl (C=O) groups excluding carboxylic acids is 1. The van der Waals surface area contributed by atoms with E-state index < -0.39 is 5.60 Å². The largest absolute Gasteiger partial charge is 0.387 e. The van der Waals surface area contributed by atoms with Crippen LogP contribution in [0.3, 0.4) is 0 Å². The zero-order valence-electron chi connectivity index (χ0n) is 13.8. The Bertz CT molecular complexity index is 737. The summed E-state index contributed by atoms with van der Waals surface area (Å²) < 4.78 is 0. The van der Waals surface area contributed by atoms with Gasteiger partial charge in [0.15, 0.2) is 0 Å². The Hall–Kier alpha value is -1.72. The van der Waals surface area contributed by atoms with Gasteiger partial charge in [0.2, 0.25) is 0 Å². The first-order valence-electron chi connectivity index (χ1n) is 8.60. The molecule has 2 saturated carbocycles. The quantitative estimate of drug-likeness (QED) is 0.846. The molecule has 5 heteroatoms. The Morgan fingerprint density at radius 3 is 2.54 bits per heavy atom. The average Bonchev–Trinajstić information content (AvgIpc) is 3.50. The van der Waals surface area contributed by atoms with E-state index in [1.54, 1.807) is 11.3 Å². The fraction of sp³-hybridized carbons (Fsp3) is 0.474. The van der Waals surface area contributed by atoms with Gasteiger partial charge in [-0.2, -0.15) is 0 Å². The van der Waals surface area contributed by atoms with Gasteiger partial charge in [0, 0.05) is 6.54 Å². The van der Waals surface area contributed by atoms with E-state index in [1.165, 1.54) is 0 Å². The Labute approximate surface area is 145 Å². The maximum Gasteiger partial charge on any atom is 0.253 e. The number of rotatable bonds is 6. The van der Waals surface area contributed by atoms with Crippen LogP contribution in [0.2, 0.25) is 0 Å². The number of pyridine rings is 1. The predicted molar refractivity (Wildman–Crippen MR) is 95.0 cm³/mol. The van der Waals surface area contributed by atoms with E-state index in [9.17, 15) is 9.90 Å². The van der Waals surface area contributed by atoms with Crippen LogP contribution in [-0.4, -0.2) is 28.1 Å². The van der Waals surface area contributed by atoms with E-state index in [2.05, 4.69) is 10.3 Å². The fourth-order valence-corrected chi connectivity index (χ4v) is 4.16. The molecular formula is C19H22N2O2S. The molecule has 2 aromatic rings. The molecule has 2 fully saturated rings.